The molecule has 2 N–H and O–H groups in total. The molecule has 0 bridgehead atoms. The summed E-state index contributed by atoms with van der Waals surface area (Å²) in [5.41, 5.74) is 8.44. The van der Waals surface area contributed by atoms with Crippen molar-refractivity contribution in [2.75, 3.05) is 5.73 Å². The molecule has 0 saturated carbocycles. The number of rotatable bonds is 2. The van der Waals surface area contributed by atoms with E-state index in [9.17, 15) is 14.0 Å². The Hall–Kier alpha value is -3.26. The zero-order valence-corrected chi connectivity index (χ0v) is 12.8. The standard InChI is InChI=1S/C19H13F2N3/c1-11-2-4-12(5-3-11)18-9-14(16(10-22)19(23)24-18)15-8-13(20)6-7-17(15)21/h2-9H,1H3,(H2,23,24). The number of hydrogen-bond acceptors (Lipinski definition) is 3. The van der Waals surface area contributed by atoms with Crippen LogP contribution < -0.4 is 5.73 Å². The van der Waals surface area contributed by atoms with E-state index in [0.717, 1.165) is 29.3 Å². The van der Waals surface area contributed by atoms with Crippen LogP contribution in [0.15, 0.2) is 48.5 Å². The van der Waals surface area contributed by atoms with Gasteiger partial charge >= 0.3 is 0 Å². The number of nitrogens with two attached hydrogens (primary N) is 1. The van der Waals surface area contributed by atoms with Gasteiger partial charge < -0.3 is 5.73 Å². The summed E-state index contributed by atoms with van der Waals surface area (Å²) in [6.07, 6.45) is 0. The largest absolute Gasteiger partial charge is 0.383 e. The van der Waals surface area contributed by atoms with Gasteiger partial charge in [-0.05, 0) is 31.2 Å². The number of benzene rings is 2. The number of hydrogen-bond donors (Lipinski definition) is 1. The predicted molar refractivity (Wildman–Crippen MR) is 88.9 cm³/mol. The normalized spacial score (nSPS) is 10.4. The summed E-state index contributed by atoms with van der Waals surface area (Å²) in [6.45, 7) is 1.96. The molecule has 0 fully saturated rings. The van der Waals surface area contributed by atoms with E-state index in [1.54, 1.807) is 6.07 Å². The third kappa shape index (κ3) is 2.82. The van der Waals surface area contributed by atoms with Crippen molar-refractivity contribution in [3.63, 3.8) is 0 Å². The van der Waals surface area contributed by atoms with Gasteiger partial charge in [-0.1, -0.05) is 29.8 Å². The first kappa shape index (κ1) is 15.6. The summed E-state index contributed by atoms with van der Waals surface area (Å²) < 4.78 is 27.7. The molecule has 0 radical (unpaired) electrons. The number of nitrogens with zero attached hydrogens (tertiary/aromatic N) is 2. The highest BCUT2D eigenvalue weighted by atomic mass is 19.1. The Labute approximate surface area is 138 Å². The number of nitriles is 1. The van der Waals surface area contributed by atoms with Gasteiger partial charge in [-0.2, -0.15) is 5.26 Å². The quantitative estimate of drug-likeness (QED) is 0.758. The number of aryl methyl sites for hydroxylation is 1. The summed E-state index contributed by atoms with van der Waals surface area (Å²) in [5, 5.41) is 9.33. The van der Waals surface area contributed by atoms with Crippen molar-refractivity contribution in [2.24, 2.45) is 0 Å². The summed E-state index contributed by atoms with van der Waals surface area (Å²) in [7, 11) is 0. The molecule has 0 unspecified atom stereocenters. The lowest BCUT2D eigenvalue weighted by molar-refractivity contribution is 0.603. The van der Waals surface area contributed by atoms with E-state index in [1.165, 1.54) is 0 Å². The maximum Gasteiger partial charge on any atom is 0.142 e. The molecule has 0 saturated heterocycles. The second kappa shape index (κ2) is 6.09. The van der Waals surface area contributed by atoms with E-state index >= 15 is 0 Å². The predicted octanol–water partition coefficient (Wildman–Crippen LogP) is 4.46. The van der Waals surface area contributed by atoms with Gasteiger partial charge in [-0.3, -0.25) is 0 Å². The summed E-state index contributed by atoms with van der Waals surface area (Å²) in [5.74, 6) is -1.25. The van der Waals surface area contributed by atoms with E-state index in [0.29, 0.717) is 5.69 Å². The van der Waals surface area contributed by atoms with E-state index in [2.05, 4.69) is 4.98 Å². The molecule has 0 aliphatic rings. The number of aromatic nitrogens is 1. The van der Waals surface area contributed by atoms with Gasteiger partial charge in [0.1, 0.15) is 29.1 Å². The fourth-order valence-corrected chi connectivity index (χ4v) is 2.47. The molecule has 118 valence electrons. The van der Waals surface area contributed by atoms with Crippen LogP contribution in [-0.4, -0.2) is 4.98 Å². The Morgan fingerprint density at radius 2 is 1.71 bits per heavy atom. The third-order valence-corrected chi connectivity index (χ3v) is 3.73. The number of pyridine rings is 1. The minimum atomic E-state index is -0.631. The average molecular weight is 321 g/mol. The molecule has 0 spiro atoms. The zero-order chi connectivity index (χ0) is 17.3. The first-order valence-corrected chi connectivity index (χ1v) is 7.22. The van der Waals surface area contributed by atoms with Gasteiger partial charge in [-0.25, -0.2) is 13.8 Å². The molecule has 0 aliphatic heterocycles. The molecule has 5 heteroatoms. The Morgan fingerprint density at radius 3 is 2.38 bits per heavy atom. The Bertz CT molecular complexity index is 958. The average Bonchev–Trinajstić information content (AvgIpc) is 2.57. The van der Waals surface area contributed by atoms with E-state index in [4.69, 9.17) is 5.73 Å². The van der Waals surface area contributed by atoms with Gasteiger partial charge in [0.25, 0.3) is 0 Å². The van der Waals surface area contributed by atoms with Gasteiger partial charge in [0, 0.05) is 16.7 Å². The molecule has 0 atom stereocenters. The van der Waals surface area contributed by atoms with Crippen LogP contribution in [0, 0.1) is 29.9 Å². The molecule has 3 nitrogen and oxygen atoms in total. The smallest absolute Gasteiger partial charge is 0.142 e. The van der Waals surface area contributed by atoms with Crippen molar-refractivity contribution in [1.29, 1.82) is 5.26 Å². The second-order valence-corrected chi connectivity index (χ2v) is 5.42. The lowest BCUT2D eigenvalue weighted by Crippen LogP contribution is -2.01. The number of anilines is 1. The summed E-state index contributed by atoms with van der Waals surface area (Å²) in [4.78, 5) is 4.22. The molecule has 1 aromatic heterocycles. The maximum atomic E-state index is 14.2. The van der Waals surface area contributed by atoms with Crippen LogP contribution in [0.1, 0.15) is 11.1 Å². The minimum absolute atomic E-state index is 0.0192. The second-order valence-electron chi connectivity index (χ2n) is 5.42. The Balaban J connectivity index is 2.27. The molecular weight excluding hydrogens is 308 g/mol. The van der Waals surface area contributed by atoms with E-state index in [1.807, 2.05) is 37.3 Å². The minimum Gasteiger partial charge on any atom is -0.383 e. The molecule has 1 heterocycles. The highest BCUT2D eigenvalue weighted by molar-refractivity contribution is 5.80. The van der Waals surface area contributed by atoms with E-state index in [-0.39, 0.29) is 22.5 Å². The Kier molecular flexibility index (Phi) is 3.97. The maximum absolute atomic E-state index is 14.2. The highest BCUT2D eigenvalue weighted by Gasteiger charge is 2.16. The van der Waals surface area contributed by atoms with Crippen LogP contribution in [0.25, 0.3) is 22.4 Å². The molecule has 3 aromatic rings. The monoisotopic (exact) mass is 321 g/mol. The molecule has 0 aliphatic carbocycles. The summed E-state index contributed by atoms with van der Waals surface area (Å²) >= 11 is 0. The van der Waals surface area contributed by atoms with Crippen molar-refractivity contribution in [2.45, 2.75) is 6.92 Å². The molecule has 3 rings (SSSR count). The molecule has 0 amide bonds. The van der Waals surface area contributed by atoms with Crippen molar-refractivity contribution < 1.29 is 8.78 Å². The van der Waals surface area contributed by atoms with Gasteiger partial charge in [0.15, 0.2) is 0 Å². The van der Waals surface area contributed by atoms with Crippen LogP contribution in [0.2, 0.25) is 0 Å². The van der Waals surface area contributed by atoms with Crippen molar-refractivity contribution in [3.05, 3.63) is 71.3 Å². The first-order valence-electron chi connectivity index (χ1n) is 7.22. The topological polar surface area (TPSA) is 62.7 Å². The van der Waals surface area contributed by atoms with Crippen molar-refractivity contribution >= 4 is 5.82 Å². The fraction of sp³-hybridized carbons (Fsp3) is 0.0526. The van der Waals surface area contributed by atoms with Crippen LogP contribution in [0.5, 0.6) is 0 Å². The van der Waals surface area contributed by atoms with Gasteiger partial charge in [0.05, 0.1) is 5.69 Å². The van der Waals surface area contributed by atoms with Crippen LogP contribution in [0.4, 0.5) is 14.6 Å². The molecular formula is C19H13F2N3. The zero-order valence-electron chi connectivity index (χ0n) is 12.8. The van der Waals surface area contributed by atoms with Crippen LogP contribution in [0.3, 0.4) is 0 Å². The van der Waals surface area contributed by atoms with Gasteiger partial charge in [-0.15, -0.1) is 0 Å². The lowest BCUT2D eigenvalue weighted by Gasteiger charge is -2.11. The Morgan fingerprint density at radius 1 is 1.00 bits per heavy atom. The molecule has 2 aromatic carbocycles. The fourth-order valence-electron chi connectivity index (χ4n) is 2.47. The van der Waals surface area contributed by atoms with Crippen LogP contribution in [-0.2, 0) is 0 Å². The van der Waals surface area contributed by atoms with Crippen molar-refractivity contribution in [3.8, 4) is 28.5 Å². The van der Waals surface area contributed by atoms with E-state index < -0.39 is 11.6 Å². The van der Waals surface area contributed by atoms with Crippen molar-refractivity contribution in [1.82, 2.24) is 4.98 Å². The molecule has 24 heavy (non-hydrogen) atoms. The number of halogens is 2. The summed E-state index contributed by atoms with van der Waals surface area (Å²) in [6, 6.07) is 14.1. The third-order valence-electron chi connectivity index (χ3n) is 3.73. The van der Waals surface area contributed by atoms with Gasteiger partial charge in [0.2, 0.25) is 0 Å². The first-order chi connectivity index (χ1) is 11.5. The SMILES string of the molecule is Cc1ccc(-c2cc(-c3cc(F)ccc3F)c(C#N)c(N)n2)cc1. The van der Waals surface area contributed by atoms with Crippen LogP contribution >= 0.6 is 0 Å². The number of nitrogen functional groups attached to an aromatic ring is 1. The lowest BCUT2D eigenvalue weighted by atomic mass is 9.97. The highest BCUT2D eigenvalue weighted by Crippen LogP contribution is 2.33.